The number of aliphatic imine (C=N–C) groups is 1. The second kappa shape index (κ2) is 3.53. The van der Waals surface area contributed by atoms with E-state index in [1.807, 2.05) is 0 Å². The maximum atomic E-state index is 11.4. The normalized spacial score (nSPS) is 14.7. The Hall–Kier alpha value is -2.17. The lowest BCUT2D eigenvalue weighted by Gasteiger charge is -2.08. The molecule has 0 N–H and O–H groups in total. The molecule has 0 saturated carbocycles. The number of nitrogens with zero attached hydrogens (tertiary/aromatic N) is 3. The van der Waals surface area contributed by atoms with E-state index < -0.39 is 11.8 Å². The highest BCUT2D eigenvalue weighted by molar-refractivity contribution is 6.13. The highest BCUT2D eigenvalue weighted by Crippen LogP contribution is 2.26. The third-order valence-electron chi connectivity index (χ3n) is 1.99. The van der Waals surface area contributed by atoms with Crippen LogP contribution < -0.4 is 0 Å². The summed E-state index contributed by atoms with van der Waals surface area (Å²) in [6.45, 7) is 1.73. The van der Waals surface area contributed by atoms with E-state index in [1.54, 1.807) is 31.3 Å². The summed E-state index contributed by atoms with van der Waals surface area (Å²) in [7, 11) is 0. The number of hydrogen-bond acceptors (Lipinski definition) is 3. The number of hydrogen-bond donors (Lipinski definition) is 0. The summed E-state index contributed by atoms with van der Waals surface area (Å²) < 4.78 is 0. The molecule has 2 amide bonds. The quantitative estimate of drug-likeness (QED) is 0.653. The van der Waals surface area contributed by atoms with Crippen molar-refractivity contribution in [3.63, 3.8) is 0 Å². The van der Waals surface area contributed by atoms with Crippen molar-refractivity contribution in [2.75, 3.05) is 0 Å². The molecule has 0 unspecified atom stereocenters. The number of amides is 2. The van der Waals surface area contributed by atoms with Gasteiger partial charge in [-0.15, -0.1) is 10.2 Å². The van der Waals surface area contributed by atoms with Crippen LogP contribution in [-0.4, -0.2) is 18.0 Å². The summed E-state index contributed by atoms with van der Waals surface area (Å²) in [5.41, 5.74) is 0.945. The van der Waals surface area contributed by atoms with Crippen LogP contribution in [0.15, 0.2) is 33.4 Å². The van der Waals surface area contributed by atoms with Gasteiger partial charge in [-0.2, -0.15) is 0 Å². The van der Waals surface area contributed by atoms with E-state index >= 15 is 0 Å². The van der Waals surface area contributed by atoms with Gasteiger partial charge in [-0.05, 0) is 19.1 Å². The molecule has 2 rings (SSSR count). The molecule has 0 aromatic heterocycles. The molecule has 5 nitrogen and oxygen atoms in total. The van der Waals surface area contributed by atoms with Gasteiger partial charge >= 0.3 is 0 Å². The molecule has 1 aliphatic heterocycles. The molecule has 74 valence electrons. The van der Waals surface area contributed by atoms with Crippen LogP contribution in [0.4, 0.5) is 5.69 Å². The SMILES string of the molecule is CC=Nc1cccc2c1C(=O)N=NC2=O. The van der Waals surface area contributed by atoms with Crippen molar-refractivity contribution in [1.29, 1.82) is 0 Å². The van der Waals surface area contributed by atoms with Crippen molar-refractivity contribution >= 4 is 23.7 Å². The zero-order valence-electron chi connectivity index (χ0n) is 7.97. The Bertz CT molecular complexity index is 503. The first-order valence-electron chi connectivity index (χ1n) is 4.36. The number of benzene rings is 1. The lowest BCUT2D eigenvalue weighted by molar-refractivity contribution is 0.0921. The molecule has 15 heavy (non-hydrogen) atoms. The van der Waals surface area contributed by atoms with Gasteiger partial charge in [0.05, 0.1) is 16.8 Å². The van der Waals surface area contributed by atoms with Gasteiger partial charge < -0.3 is 0 Å². The minimum absolute atomic E-state index is 0.232. The van der Waals surface area contributed by atoms with Crippen molar-refractivity contribution in [2.24, 2.45) is 15.2 Å². The topological polar surface area (TPSA) is 71.2 Å². The molecule has 1 aliphatic rings. The summed E-state index contributed by atoms with van der Waals surface area (Å²) in [5.74, 6) is -1.02. The lowest BCUT2D eigenvalue weighted by atomic mass is 10.0. The largest absolute Gasteiger partial charge is 0.298 e. The van der Waals surface area contributed by atoms with Gasteiger partial charge in [-0.1, -0.05) is 6.07 Å². The van der Waals surface area contributed by atoms with Crippen LogP contribution in [0.1, 0.15) is 27.6 Å². The van der Waals surface area contributed by atoms with Crippen LogP contribution >= 0.6 is 0 Å². The second-order valence-corrected chi connectivity index (χ2v) is 2.90. The van der Waals surface area contributed by atoms with Gasteiger partial charge in [0.25, 0.3) is 11.8 Å². The summed E-state index contributed by atoms with van der Waals surface area (Å²) in [4.78, 5) is 26.8. The molecule has 0 fully saturated rings. The van der Waals surface area contributed by atoms with Crippen molar-refractivity contribution in [1.82, 2.24) is 0 Å². The number of carbonyl (C=O) groups is 2. The molecule has 0 spiro atoms. The van der Waals surface area contributed by atoms with E-state index in [1.165, 1.54) is 0 Å². The molecular weight excluding hydrogens is 194 g/mol. The predicted octanol–water partition coefficient (Wildman–Crippen LogP) is 2.16. The van der Waals surface area contributed by atoms with E-state index in [0.717, 1.165) is 0 Å². The molecule has 0 atom stereocenters. The van der Waals surface area contributed by atoms with E-state index in [4.69, 9.17) is 0 Å². The van der Waals surface area contributed by atoms with Gasteiger partial charge in [0, 0.05) is 6.21 Å². The standard InChI is InChI=1S/C10H7N3O2/c1-2-11-7-5-3-4-6-8(7)10(15)13-12-9(6)14/h2-5H,1H3. The van der Waals surface area contributed by atoms with E-state index in [2.05, 4.69) is 15.2 Å². The summed E-state index contributed by atoms with van der Waals surface area (Å²) in [5, 5.41) is 6.50. The zero-order valence-corrected chi connectivity index (χ0v) is 7.97. The fourth-order valence-electron chi connectivity index (χ4n) is 1.38. The number of fused-ring (bicyclic) bond motifs is 1. The highest BCUT2D eigenvalue weighted by atomic mass is 16.2. The smallest absolute Gasteiger partial charge is 0.265 e. The Labute approximate surface area is 85.6 Å². The zero-order chi connectivity index (χ0) is 10.8. The maximum Gasteiger partial charge on any atom is 0.298 e. The second-order valence-electron chi connectivity index (χ2n) is 2.90. The fourth-order valence-corrected chi connectivity index (χ4v) is 1.38. The van der Waals surface area contributed by atoms with Gasteiger partial charge in [-0.3, -0.25) is 14.6 Å². The van der Waals surface area contributed by atoms with Crippen molar-refractivity contribution < 1.29 is 9.59 Å². The van der Waals surface area contributed by atoms with Crippen LogP contribution in [0.5, 0.6) is 0 Å². The number of azo groups is 1. The molecular formula is C10H7N3O2. The van der Waals surface area contributed by atoms with Gasteiger partial charge in [0.2, 0.25) is 0 Å². The average Bonchev–Trinajstić information content (AvgIpc) is 2.24. The van der Waals surface area contributed by atoms with Crippen LogP contribution in [0, 0.1) is 0 Å². The Morgan fingerprint density at radius 3 is 2.67 bits per heavy atom. The van der Waals surface area contributed by atoms with Crippen LogP contribution in [0.3, 0.4) is 0 Å². The Morgan fingerprint density at radius 2 is 1.93 bits per heavy atom. The van der Waals surface area contributed by atoms with Crippen molar-refractivity contribution in [3.8, 4) is 0 Å². The maximum absolute atomic E-state index is 11.4. The third-order valence-corrected chi connectivity index (χ3v) is 1.99. The van der Waals surface area contributed by atoms with E-state index in [9.17, 15) is 9.59 Å². The minimum atomic E-state index is -0.522. The number of rotatable bonds is 1. The van der Waals surface area contributed by atoms with Crippen molar-refractivity contribution in [2.45, 2.75) is 6.92 Å². The first kappa shape index (κ1) is 9.39. The molecule has 1 heterocycles. The fraction of sp³-hybridized carbons (Fsp3) is 0.100. The Kier molecular flexibility index (Phi) is 2.21. The molecule has 1 aromatic carbocycles. The molecule has 0 radical (unpaired) electrons. The first-order chi connectivity index (χ1) is 7.24. The third kappa shape index (κ3) is 1.48. The van der Waals surface area contributed by atoms with Gasteiger partial charge in [0.15, 0.2) is 0 Å². The van der Waals surface area contributed by atoms with Crippen LogP contribution in [0.25, 0.3) is 0 Å². The van der Waals surface area contributed by atoms with Gasteiger partial charge in [0.1, 0.15) is 0 Å². The number of carbonyl (C=O) groups excluding carboxylic acids is 2. The molecule has 0 bridgehead atoms. The van der Waals surface area contributed by atoms with Crippen molar-refractivity contribution in [3.05, 3.63) is 29.3 Å². The van der Waals surface area contributed by atoms with Crippen LogP contribution in [-0.2, 0) is 0 Å². The molecule has 5 heteroatoms. The summed E-state index contributed by atoms with van der Waals surface area (Å²) in [6.07, 6.45) is 1.55. The summed E-state index contributed by atoms with van der Waals surface area (Å²) in [6, 6.07) is 4.86. The summed E-state index contributed by atoms with van der Waals surface area (Å²) >= 11 is 0. The first-order valence-corrected chi connectivity index (χ1v) is 4.36. The molecule has 1 aromatic rings. The Balaban J connectivity index is 2.70. The molecule has 0 aliphatic carbocycles. The average molecular weight is 201 g/mol. The van der Waals surface area contributed by atoms with E-state index in [0.29, 0.717) is 5.69 Å². The monoisotopic (exact) mass is 201 g/mol. The predicted molar refractivity (Wildman–Crippen MR) is 53.8 cm³/mol. The minimum Gasteiger partial charge on any atom is -0.265 e. The lowest BCUT2D eigenvalue weighted by Crippen LogP contribution is -2.10. The molecule has 0 saturated heterocycles. The van der Waals surface area contributed by atoms with Crippen LogP contribution in [0.2, 0.25) is 0 Å². The highest BCUT2D eigenvalue weighted by Gasteiger charge is 2.24. The van der Waals surface area contributed by atoms with E-state index in [-0.39, 0.29) is 11.1 Å². The van der Waals surface area contributed by atoms with Gasteiger partial charge in [-0.25, -0.2) is 0 Å². The Morgan fingerprint density at radius 1 is 1.20 bits per heavy atom.